The van der Waals surface area contributed by atoms with Crippen molar-refractivity contribution in [3.63, 3.8) is 0 Å². The van der Waals surface area contributed by atoms with Gasteiger partial charge in [-0.2, -0.15) is 4.98 Å². The quantitative estimate of drug-likeness (QED) is 0.393. The molecule has 9 nitrogen and oxygen atoms in total. The van der Waals surface area contributed by atoms with Crippen LogP contribution in [0.4, 0.5) is 17.6 Å². The first-order valence-electron chi connectivity index (χ1n) is 10.1. The van der Waals surface area contributed by atoms with E-state index in [1.807, 2.05) is 43.1 Å². The van der Waals surface area contributed by atoms with E-state index >= 15 is 0 Å². The highest BCUT2D eigenvalue weighted by molar-refractivity contribution is 6.29. The van der Waals surface area contributed by atoms with Crippen LogP contribution in [0.1, 0.15) is 11.1 Å². The highest BCUT2D eigenvalue weighted by Gasteiger charge is 2.17. The van der Waals surface area contributed by atoms with Crippen molar-refractivity contribution in [2.75, 3.05) is 31.5 Å². The van der Waals surface area contributed by atoms with Crippen LogP contribution in [0, 0.1) is 6.92 Å². The Balaban J connectivity index is 1.61. The Bertz CT molecular complexity index is 1370. The van der Waals surface area contributed by atoms with Crippen molar-refractivity contribution in [3.05, 3.63) is 69.2 Å². The second-order valence-corrected chi connectivity index (χ2v) is 7.80. The summed E-state index contributed by atoms with van der Waals surface area (Å²) in [6.07, 6.45) is 1.59. The molecular weight excluding hydrogens is 444 g/mol. The highest BCUT2D eigenvalue weighted by atomic mass is 35.5. The number of hydrogen-bond acceptors (Lipinski definition) is 8. The minimum Gasteiger partial charge on any atom is -0.493 e. The molecule has 0 aliphatic heterocycles. The second-order valence-electron chi connectivity index (χ2n) is 7.41. The van der Waals surface area contributed by atoms with Gasteiger partial charge in [-0.25, -0.2) is 9.97 Å². The van der Waals surface area contributed by atoms with E-state index in [1.54, 1.807) is 32.5 Å². The van der Waals surface area contributed by atoms with Gasteiger partial charge in [0.05, 0.1) is 25.1 Å². The summed E-state index contributed by atoms with van der Waals surface area (Å²) in [6.45, 7) is 2.32. The van der Waals surface area contributed by atoms with Crippen molar-refractivity contribution in [2.45, 2.75) is 13.5 Å². The van der Waals surface area contributed by atoms with E-state index in [9.17, 15) is 4.79 Å². The van der Waals surface area contributed by atoms with Crippen LogP contribution >= 0.6 is 11.6 Å². The van der Waals surface area contributed by atoms with E-state index in [4.69, 9.17) is 21.1 Å². The number of fused-ring (bicyclic) bond motifs is 1. The van der Waals surface area contributed by atoms with Crippen molar-refractivity contribution in [2.24, 2.45) is 0 Å². The van der Waals surface area contributed by atoms with Gasteiger partial charge in [-0.3, -0.25) is 4.79 Å². The van der Waals surface area contributed by atoms with Crippen LogP contribution in [0.3, 0.4) is 0 Å². The van der Waals surface area contributed by atoms with Crippen LogP contribution in [0.5, 0.6) is 11.5 Å². The molecule has 0 fully saturated rings. The van der Waals surface area contributed by atoms with Gasteiger partial charge in [0, 0.05) is 37.1 Å². The number of benzene rings is 2. The van der Waals surface area contributed by atoms with Gasteiger partial charge in [-0.05, 0) is 30.7 Å². The summed E-state index contributed by atoms with van der Waals surface area (Å²) in [5.74, 6) is 1.91. The van der Waals surface area contributed by atoms with Gasteiger partial charge in [0.25, 0.3) is 5.56 Å². The van der Waals surface area contributed by atoms with Crippen LogP contribution in [0.25, 0.3) is 10.9 Å². The van der Waals surface area contributed by atoms with Crippen LogP contribution in [0.15, 0.2) is 47.4 Å². The number of nitrogens with zero attached hydrogens (tertiary/aromatic N) is 4. The molecule has 10 heteroatoms. The zero-order valence-corrected chi connectivity index (χ0v) is 19.4. The molecule has 0 aliphatic carbocycles. The second kappa shape index (κ2) is 9.33. The average Bonchev–Trinajstić information content (AvgIpc) is 2.78. The number of H-pyrrole nitrogens is 1. The number of anilines is 3. The van der Waals surface area contributed by atoms with E-state index in [-0.39, 0.29) is 5.56 Å². The number of rotatable bonds is 7. The largest absolute Gasteiger partial charge is 0.493 e. The summed E-state index contributed by atoms with van der Waals surface area (Å²) in [7, 11) is 4.96. The molecule has 0 spiro atoms. The molecule has 0 atom stereocenters. The highest BCUT2D eigenvalue weighted by Crippen LogP contribution is 2.35. The first-order chi connectivity index (χ1) is 15.9. The van der Waals surface area contributed by atoms with Crippen LogP contribution in [-0.2, 0) is 6.54 Å². The van der Waals surface area contributed by atoms with Crippen molar-refractivity contribution in [1.29, 1.82) is 0 Å². The number of halogens is 1. The fraction of sp³-hybridized carbons (Fsp3) is 0.217. The predicted octanol–water partition coefficient (Wildman–Crippen LogP) is 4.07. The summed E-state index contributed by atoms with van der Waals surface area (Å²) in [5, 5.41) is 3.97. The molecule has 4 aromatic rings. The van der Waals surface area contributed by atoms with Gasteiger partial charge < -0.3 is 24.7 Å². The molecule has 0 aliphatic rings. The summed E-state index contributed by atoms with van der Waals surface area (Å²) >= 11 is 5.93. The summed E-state index contributed by atoms with van der Waals surface area (Å²) in [6, 6.07) is 11.1. The van der Waals surface area contributed by atoms with Crippen molar-refractivity contribution < 1.29 is 9.47 Å². The van der Waals surface area contributed by atoms with Gasteiger partial charge in [0.2, 0.25) is 11.9 Å². The minimum absolute atomic E-state index is 0.336. The predicted molar refractivity (Wildman–Crippen MR) is 129 cm³/mol. The molecule has 0 saturated carbocycles. The maximum absolute atomic E-state index is 12.8. The maximum atomic E-state index is 12.8. The lowest BCUT2D eigenvalue weighted by Crippen LogP contribution is -2.23. The molecule has 2 heterocycles. The Hall–Kier alpha value is -3.85. The third kappa shape index (κ3) is 4.68. The van der Waals surface area contributed by atoms with Crippen LogP contribution in [0.2, 0.25) is 5.15 Å². The molecule has 0 radical (unpaired) electrons. The Morgan fingerprint density at radius 1 is 1.15 bits per heavy atom. The van der Waals surface area contributed by atoms with Gasteiger partial charge >= 0.3 is 0 Å². The fourth-order valence-electron chi connectivity index (χ4n) is 3.65. The lowest BCUT2D eigenvalue weighted by atomic mass is 10.1. The summed E-state index contributed by atoms with van der Waals surface area (Å²) in [4.78, 5) is 30.5. The molecule has 0 bridgehead atoms. The fourth-order valence-corrected chi connectivity index (χ4v) is 3.79. The molecular formula is C23H23ClN6O3. The van der Waals surface area contributed by atoms with Gasteiger partial charge in [0.15, 0.2) is 11.5 Å². The van der Waals surface area contributed by atoms with E-state index in [2.05, 4.69) is 25.3 Å². The first-order valence-corrected chi connectivity index (χ1v) is 10.5. The molecule has 2 aromatic heterocycles. The number of aromatic nitrogens is 4. The van der Waals surface area contributed by atoms with E-state index < -0.39 is 0 Å². The summed E-state index contributed by atoms with van der Waals surface area (Å²) in [5.41, 5.74) is 2.78. The van der Waals surface area contributed by atoms with Crippen molar-refractivity contribution in [1.82, 2.24) is 19.9 Å². The van der Waals surface area contributed by atoms with E-state index in [0.29, 0.717) is 51.6 Å². The molecule has 0 amide bonds. The van der Waals surface area contributed by atoms with E-state index in [1.165, 1.54) is 0 Å². The Kier molecular flexibility index (Phi) is 6.32. The Morgan fingerprint density at radius 2 is 1.97 bits per heavy atom. The van der Waals surface area contributed by atoms with Gasteiger partial charge in [-0.15, -0.1) is 0 Å². The Labute approximate surface area is 195 Å². The number of methoxy groups -OCH3 is 2. The third-order valence-electron chi connectivity index (χ3n) is 5.16. The smallest absolute Gasteiger partial charge is 0.282 e. The zero-order valence-electron chi connectivity index (χ0n) is 18.6. The molecule has 4 rings (SSSR count). The van der Waals surface area contributed by atoms with Crippen molar-refractivity contribution >= 4 is 40.1 Å². The number of hydrogen-bond donors (Lipinski definition) is 2. The standard InChI is InChI=1S/C23H23ClN6O3/c1-13-19-16(11-17(32-3)20(13)33-4)27-23(29-21(19)31)30(2)12-14-6-5-7-15(10-14)26-22-25-9-8-18(24)28-22/h5-11H,12H2,1-4H3,(H,25,26,28)(H,27,29,31). The molecule has 0 unspecified atom stereocenters. The normalized spacial score (nSPS) is 10.8. The molecule has 170 valence electrons. The number of aryl methyl sites for hydroxylation is 1. The molecule has 2 N–H and O–H groups in total. The SMILES string of the molecule is COc1cc2[nH]c(N(C)Cc3cccc(Nc4nccc(Cl)n4)c3)nc(=O)c2c(C)c1OC. The van der Waals surface area contributed by atoms with Crippen LogP contribution in [-0.4, -0.2) is 41.2 Å². The van der Waals surface area contributed by atoms with Gasteiger partial charge in [-0.1, -0.05) is 23.7 Å². The lowest BCUT2D eigenvalue weighted by molar-refractivity contribution is 0.354. The zero-order chi connectivity index (χ0) is 23.5. The summed E-state index contributed by atoms with van der Waals surface area (Å²) < 4.78 is 10.8. The maximum Gasteiger partial charge on any atom is 0.282 e. The molecule has 0 saturated heterocycles. The lowest BCUT2D eigenvalue weighted by Gasteiger charge is -2.19. The third-order valence-corrected chi connectivity index (χ3v) is 5.37. The number of ether oxygens (including phenoxy) is 2. The number of aromatic amines is 1. The Morgan fingerprint density at radius 3 is 2.70 bits per heavy atom. The van der Waals surface area contributed by atoms with Crippen LogP contribution < -0.4 is 25.2 Å². The molecule has 33 heavy (non-hydrogen) atoms. The molecule has 2 aromatic carbocycles. The minimum atomic E-state index is -0.336. The first kappa shape index (κ1) is 22.3. The van der Waals surface area contributed by atoms with E-state index in [0.717, 1.165) is 11.3 Å². The van der Waals surface area contributed by atoms with Crippen molar-refractivity contribution in [3.8, 4) is 11.5 Å². The topological polar surface area (TPSA) is 105 Å². The monoisotopic (exact) mass is 466 g/mol. The average molecular weight is 467 g/mol. The number of nitrogens with one attached hydrogen (secondary N) is 2. The van der Waals surface area contributed by atoms with Gasteiger partial charge in [0.1, 0.15) is 5.15 Å².